The predicted octanol–water partition coefficient (Wildman–Crippen LogP) is 3.46. The Bertz CT molecular complexity index is 643. The monoisotopic (exact) mass is 322 g/mol. The molecule has 2 rings (SSSR count). The van der Waals surface area contributed by atoms with E-state index in [1.165, 1.54) is 0 Å². The van der Waals surface area contributed by atoms with Crippen LogP contribution in [0.1, 0.15) is 17.0 Å². The molecule has 0 bridgehead atoms. The normalized spacial score (nSPS) is 13.6. The molecule has 0 fully saturated rings. The van der Waals surface area contributed by atoms with Gasteiger partial charge in [0.05, 0.1) is 11.7 Å². The molecule has 110 valence electrons. The zero-order valence-corrected chi connectivity index (χ0v) is 12.8. The number of rotatable bonds is 6. The second-order valence-corrected chi connectivity index (χ2v) is 6.55. The van der Waals surface area contributed by atoms with Crippen molar-refractivity contribution < 1.29 is 14.1 Å². The van der Waals surface area contributed by atoms with Crippen molar-refractivity contribution >= 4 is 28.4 Å². The molecule has 2 aromatic carbocycles. The van der Waals surface area contributed by atoms with E-state index < -0.39 is 22.7 Å². The summed E-state index contributed by atoms with van der Waals surface area (Å²) in [6.45, 7) is 0. The molecule has 0 heterocycles. The lowest BCUT2D eigenvalue weighted by Gasteiger charge is -2.12. The summed E-state index contributed by atoms with van der Waals surface area (Å²) in [4.78, 5) is 11.4. The molecular formula is C16H15ClO3S. The fourth-order valence-electron chi connectivity index (χ4n) is 2.03. The van der Waals surface area contributed by atoms with Gasteiger partial charge in [-0.25, -0.2) is 0 Å². The predicted molar refractivity (Wildman–Crippen MR) is 85.0 cm³/mol. The molecule has 5 heteroatoms. The number of carbonyl (C=O) groups is 1. The molecule has 0 radical (unpaired) electrons. The van der Waals surface area contributed by atoms with Gasteiger partial charge in [0.2, 0.25) is 0 Å². The quantitative estimate of drug-likeness (QED) is 0.886. The number of hydrogen-bond acceptors (Lipinski definition) is 2. The second-order valence-electron chi connectivity index (χ2n) is 4.64. The van der Waals surface area contributed by atoms with E-state index >= 15 is 0 Å². The van der Waals surface area contributed by atoms with Crippen molar-refractivity contribution in [1.82, 2.24) is 0 Å². The molecule has 2 unspecified atom stereocenters. The number of halogens is 1. The molecule has 0 aliphatic rings. The SMILES string of the molecule is O=C(O)C(CS(=O)Cc1ccccc1Cl)c1ccccc1. The minimum Gasteiger partial charge on any atom is -0.481 e. The van der Waals surface area contributed by atoms with E-state index in [9.17, 15) is 14.1 Å². The summed E-state index contributed by atoms with van der Waals surface area (Å²) < 4.78 is 12.2. The van der Waals surface area contributed by atoms with E-state index in [1.807, 2.05) is 12.1 Å². The van der Waals surface area contributed by atoms with Crippen molar-refractivity contribution in [3.05, 3.63) is 70.7 Å². The average Bonchev–Trinajstić information content (AvgIpc) is 2.48. The Balaban J connectivity index is 2.10. The van der Waals surface area contributed by atoms with Crippen molar-refractivity contribution in [2.75, 3.05) is 5.75 Å². The largest absolute Gasteiger partial charge is 0.481 e. The van der Waals surface area contributed by atoms with Crippen LogP contribution >= 0.6 is 11.6 Å². The van der Waals surface area contributed by atoms with Gasteiger partial charge in [0.25, 0.3) is 0 Å². The van der Waals surface area contributed by atoms with Gasteiger partial charge in [-0.15, -0.1) is 0 Å². The molecule has 2 atom stereocenters. The summed E-state index contributed by atoms with van der Waals surface area (Å²) in [5.74, 6) is -1.40. The average molecular weight is 323 g/mol. The molecule has 0 aliphatic heterocycles. The molecule has 0 saturated heterocycles. The third-order valence-corrected chi connectivity index (χ3v) is 4.83. The Morgan fingerprint density at radius 2 is 1.71 bits per heavy atom. The molecule has 1 N–H and O–H groups in total. The highest BCUT2D eigenvalue weighted by Gasteiger charge is 2.22. The van der Waals surface area contributed by atoms with Gasteiger partial charge in [-0.1, -0.05) is 60.1 Å². The third-order valence-electron chi connectivity index (χ3n) is 3.13. The van der Waals surface area contributed by atoms with Crippen LogP contribution in [0.25, 0.3) is 0 Å². The summed E-state index contributed by atoms with van der Waals surface area (Å²) in [7, 11) is -1.30. The Hall–Kier alpha value is -1.65. The van der Waals surface area contributed by atoms with Gasteiger partial charge in [0.15, 0.2) is 0 Å². The molecule has 0 aromatic heterocycles. The minimum atomic E-state index is -1.30. The van der Waals surface area contributed by atoms with Crippen LogP contribution in [0.4, 0.5) is 0 Å². The lowest BCUT2D eigenvalue weighted by Crippen LogP contribution is -2.19. The first kappa shape index (κ1) is 15.7. The van der Waals surface area contributed by atoms with E-state index in [2.05, 4.69) is 0 Å². The van der Waals surface area contributed by atoms with E-state index in [1.54, 1.807) is 42.5 Å². The van der Waals surface area contributed by atoms with E-state index in [-0.39, 0.29) is 11.5 Å². The first-order valence-corrected chi connectivity index (χ1v) is 8.30. The number of hydrogen-bond donors (Lipinski definition) is 1. The number of carboxylic acid groups (broad SMARTS) is 1. The standard InChI is InChI=1S/C16H15ClO3S/c17-15-9-5-4-8-13(15)10-21(20)11-14(16(18)19)12-6-2-1-3-7-12/h1-9,14H,10-11H2,(H,18,19). The van der Waals surface area contributed by atoms with Crippen LogP contribution in [0, 0.1) is 0 Å². The highest BCUT2D eigenvalue weighted by atomic mass is 35.5. The maximum Gasteiger partial charge on any atom is 0.311 e. The minimum absolute atomic E-state index is 0.0740. The maximum atomic E-state index is 12.2. The first-order chi connectivity index (χ1) is 10.1. The van der Waals surface area contributed by atoms with Crippen molar-refractivity contribution in [2.24, 2.45) is 0 Å². The van der Waals surface area contributed by atoms with Crippen LogP contribution in [0.15, 0.2) is 54.6 Å². The zero-order valence-electron chi connectivity index (χ0n) is 11.2. The van der Waals surface area contributed by atoms with Gasteiger partial charge in [0, 0.05) is 21.6 Å². The zero-order chi connectivity index (χ0) is 15.2. The highest BCUT2D eigenvalue weighted by molar-refractivity contribution is 7.84. The van der Waals surface area contributed by atoms with Crippen molar-refractivity contribution in [3.8, 4) is 0 Å². The Kier molecular flexibility index (Phi) is 5.53. The van der Waals surface area contributed by atoms with Crippen LogP contribution in [0.3, 0.4) is 0 Å². The topological polar surface area (TPSA) is 54.4 Å². The second kappa shape index (κ2) is 7.38. The summed E-state index contributed by atoms with van der Waals surface area (Å²) in [6.07, 6.45) is 0. The van der Waals surface area contributed by atoms with Gasteiger partial charge in [-0.05, 0) is 17.2 Å². The maximum absolute atomic E-state index is 12.2. The summed E-state index contributed by atoms with van der Waals surface area (Å²) in [5.41, 5.74) is 1.44. The molecule has 21 heavy (non-hydrogen) atoms. The fraction of sp³-hybridized carbons (Fsp3) is 0.188. The molecule has 0 saturated carbocycles. The summed E-state index contributed by atoms with van der Waals surface area (Å²) in [6, 6.07) is 16.0. The van der Waals surface area contributed by atoms with Crippen molar-refractivity contribution in [3.63, 3.8) is 0 Å². The number of carboxylic acids is 1. The number of benzene rings is 2. The lowest BCUT2D eigenvalue weighted by atomic mass is 10.0. The fourth-order valence-corrected chi connectivity index (χ4v) is 3.73. The molecular weight excluding hydrogens is 308 g/mol. The summed E-state index contributed by atoms with van der Waals surface area (Å²) >= 11 is 6.03. The van der Waals surface area contributed by atoms with Gasteiger partial charge in [-0.3, -0.25) is 9.00 Å². The molecule has 0 aliphatic carbocycles. The highest BCUT2D eigenvalue weighted by Crippen LogP contribution is 2.21. The van der Waals surface area contributed by atoms with Crippen LogP contribution in [0.2, 0.25) is 5.02 Å². The Labute approximate surface area is 131 Å². The third kappa shape index (κ3) is 4.41. The van der Waals surface area contributed by atoms with Crippen molar-refractivity contribution in [1.29, 1.82) is 0 Å². The molecule has 0 amide bonds. The van der Waals surface area contributed by atoms with Gasteiger partial charge < -0.3 is 5.11 Å². The molecule has 2 aromatic rings. The van der Waals surface area contributed by atoms with Gasteiger partial charge >= 0.3 is 5.97 Å². The van der Waals surface area contributed by atoms with E-state index in [0.29, 0.717) is 10.6 Å². The first-order valence-electron chi connectivity index (χ1n) is 6.44. The van der Waals surface area contributed by atoms with Crippen molar-refractivity contribution in [2.45, 2.75) is 11.7 Å². The number of aliphatic carboxylic acids is 1. The molecule has 0 spiro atoms. The van der Waals surface area contributed by atoms with Crippen LogP contribution in [-0.2, 0) is 21.3 Å². The van der Waals surface area contributed by atoms with E-state index in [0.717, 1.165) is 5.56 Å². The lowest BCUT2D eigenvalue weighted by molar-refractivity contribution is -0.138. The van der Waals surface area contributed by atoms with Gasteiger partial charge in [0.1, 0.15) is 0 Å². The van der Waals surface area contributed by atoms with Crippen LogP contribution in [0.5, 0.6) is 0 Å². The van der Waals surface area contributed by atoms with Gasteiger partial charge in [-0.2, -0.15) is 0 Å². The van der Waals surface area contributed by atoms with Crippen LogP contribution < -0.4 is 0 Å². The smallest absolute Gasteiger partial charge is 0.311 e. The Morgan fingerprint density at radius 3 is 2.33 bits per heavy atom. The molecule has 3 nitrogen and oxygen atoms in total. The van der Waals surface area contributed by atoms with Crippen LogP contribution in [-0.4, -0.2) is 21.0 Å². The van der Waals surface area contributed by atoms with E-state index in [4.69, 9.17) is 11.6 Å². The summed E-state index contributed by atoms with van der Waals surface area (Å²) in [5, 5.41) is 9.89. The Morgan fingerprint density at radius 1 is 1.10 bits per heavy atom.